The van der Waals surface area contributed by atoms with E-state index in [9.17, 15) is 4.79 Å². The number of ether oxygens (including phenoxy) is 2. The molecule has 33 heavy (non-hydrogen) atoms. The molecule has 0 bridgehead atoms. The van der Waals surface area contributed by atoms with E-state index >= 15 is 0 Å². The Labute approximate surface area is 190 Å². The SMILES string of the molecule is COCCOCc1cn2ncnc(N)c2c1-c1ccc(NC(=O)Nc2cc(C)ccn2)cc1. The minimum Gasteiger partial charge on any atom is -0.382 e. The van der Waals surface area contributed by atoms with Gasteiger partial charge in [-0.05, 0) is 42.3 Å². The summed E-state index contributed by atoms with van der Waals surface area (Å²) in [6.45, 7) is 3.28. The smallest absolute Gasteiger partial charge is 0.324 e. The fourth-order valence-electron chi connectivity index (χ4n) is 3.44. The summed E-state index contributed by atoms with van der Waals surface area (Å²) in [6, 6.07) is 10.7. The van der Waals surface area contributed by atoms with Gasteiger partial charge in [0.05, 0.1) is 19.8 Å². The fourth-order valence-corrected chi connectivity index (χ4v) is 3.44. The Balaban J connectivity index is 1.55. The first-order valence-electron chi connectivity index (χ1n) is 10.3. The minimum absolute atomic E-state index is 0.368. The maximum absolute atomic E-state index is 12.3. The molecule has 4 N–H and O–H groups in total. The van der Waals surface area contributed by atoms with E-state index in [0.29, 0.717) is 42.7 Å². The zero-order valence-corrected chi connectivity index (χ0v) is 18.4. The molecule has 0 radical (unpaired) electrons. The molecule has 0 saturated heterocycles. The second-order valence-corrected chi connectivity index (χ2v) is 7.39. The molecule has 1 aromatic carbocycles. The highest BCUT2D eigenvalue weighted by molar-refractivity contribution is 5.99. The molecule has 0 fully saturated rings. The zero-order chi connectivity index (χ0) is 23.2. The van der Waals surface area contributed by atoms with Crippen LogP contribution in [0.15, 0.2) is 55.1 Å². The second kappa shape index (κ2) is 10.1. The Morgan fingerprint density at radius 1 is 1.12 bits per heavy atom. The number of pyridine rings is 1. The molecule has 4 aromatic rings. The summed E-state index contributed by atoms with van der Waals surface area (Å²) < 4.78 is 12.5. The molecule has 0 atom stereocenters. The molecule has 4 rings (SSSR count). The molecule has 170 valence electrons. The Kier molecular flexibility index (Phi) is 6.77. The maximum atomic E-state index is 12.3. The quantitative estimate of drug-likeness (QED) is 0.353. The average Bonchev–Trinajstić information content (AvgIpc) is 3.17. The largest absolute Gasteiger partial charge is 0.382 e. The highest BCUT2D eigenvalue weighted by Gasteiger charge is 2.17. The molecule has 0 aliphatic heterocycles. The number of nitrogens with zero attached hydrogens (tertiary/aromatic N) is 4. The van der Waals surface area contributed by atoms with E-state index in [0.717, 1.165) is 22.3 Å². The zero-order valence-electron chi connectivity index (χ0n) is 18.4. The van der Waals surface area contributed by atoms with Crippen molar-refractivity contribution < 1.29 is 14.3 Å². The number of nitrogens with two attached hydrogens (primary N) is 1. The lowest BCUT2D eigenvalue weighted by molar-refractivity contribution is 0.0618. The van der Waals surface area contributed by atoms with Crippen molar-refractivity contribution in [1.29, 1.82) is 0 Å². The van der Waals surface area contributed by atoms with Crippen LogP contribution >= 0.6 is 0 Å². The predicted molar refractivity (Wildman–Crippen MR) is 126 cm³/mol. The predicted octanol–water partition coefficient (Wildman–Crippen LogP) is 3.49. The van der Waals surface area contributed by atoms with E-state index in [-0.39, 0.29) is 6.03 Å². The molecule has 0 spiro atoms. The van der Waals surface area contributed by atoms with E-state index in [4.69, 9.17) is 15.2 Å². The van der Waals surface area contributed by atoms with E-state index in [1.807, 2.05) is 43.5 Å². The van der Waals surface area contributed by atoms with Gasteiger partial charge in [-0.1, -0.05) is 12.1 Å². The molecule has 10 nitrogen and oxygen atoms in total. The van der Waals surface area contributed by atoms with Gasteiger partial charge in [-0.3, -0.25) is 5.32 Å². The number of hydrogen-bond donors (Lipinski definition) is 3. The van der Waals surface area contributed by atoms with E-state index < -0.39 is 0 Å². The summed E-state index contributed by atoms with van der Waals surface area (Å²) in [5.74, 6) is 0.855. The van der Waals surface area contributed by atoms with Crippen LogP contribution < -0.4 is 16.4 Å². The highest BCUT2D eigenvalue weighted by Crippen LogP contribution is 2.33. The van der Waals surface area contributed by atoms with Crippen molar-refractivity contribution in [3.05, 3.63) is 66.2 Å². The van der Waals surface area contributed by atoms with Gasteiger partial charge in [0, 0.05) is 36.3 Å². The number of carbonyl (C=O) groups is 1. The summed E-state index contributed by atoms with van der Waals surface area (Å²) >= 11 is 0. The lowest BCUT2D eigenvalue weighted by Gasteiger charge is -2.10. The number of fused-ring (bicyclic) bond motifs is 1. The molecule has 0 saturated carbocycles. The van der Waals surface area contributed by atoms with Crippen LogP contribution in [0, 0.1) is 6.92 Å². The number of urea groups is 1. The van der Waals surface area contributed by atoms with Gasteiger partial charge in [0.2, 0.25) is 0 Å². The van der Waals surface area contributed by atoms with Gasteiger partial charge in [-0.2, -0.15) is 5.10 Å². The minimum atomic E-state index is -0.375. The van der Waals surface area contributed by atoms with Crippen molar-refractivity contribution >= 4 is 28.9 Å². The van der Waals surface area contributed by atoms with Crippen LogP contribution in [-0.4, -0.2) is 45.9 Å². The topological polar surface area (TPSA) is 129 Å². The van der Waals surface area contributed by atoms with E-state index in [1.54, 1.807) is 23.9 Å². The summed E-state index contributed by atoms with van der Waals surface area (Å²) in [5.41, 5.74) is 11.2. The number of amides is 2. The first kappa shape index (κ1) is 22.2. The van der Waals surface area contributed by atoms with Crippen LogP contribution in [0.5, 0.6) is 0 Å². The number of carbonyl (C=O) groups excluding carboxylic acids is 1. The molecule has 10 heteroatoms. The van der Waals surface area contributed by atoms with Crippen LogP contribution in [0.2, 0.25) is 0 Å². The van der Waals surface area contributed by atoms with Crippen molar-refractivity contribution in [3.8, 4) is 11.1 Å². The molecule has 2 amide bonds. The average molecular weight is 447 g/mol. The van der Waals surface area contributed by atoms with Crippen LogP contribution in [0.3, 0.4) is 0 Å². The summed E-state index contributed by atoms with van der Waals surface area (Å²) in [5, 5.41) is 9.80. The number of aromatic nitrogens is 4. The van der Waals surface area contributed by atoms with Gasteiger partial charge in [-0.25, -0.2) is 19.3 Å². The van der Waals surface area contributed by atoms with Crippen LogP contribution in [0.1, 0.15) is 11.1 Å². The number of nitrogen functional groups attached to an aromatic ring is 1. The first-order chi connectivity index (χ1) is 16.0. The van der Waals surface area contributed by atoms with Crippen LogP contribution in [0.4, 0.5) is 22.1 Å². The third-order valence-corrected chi connectivity index (χ3v) is 4.96. The molecule has 0 aliphatic rings. The Morgan fingerprint density at radius 3 is 2.70 bits per heavy atom. The standard InChI is InChI=1S/C23H25N7O3/c1-15-7-8-25-19(11-15)29-23(31)28-18-5-3-16(4-6-18)20-17(13-33-10-9-32-2)12-30-21(20)22(24)26-14-27-30/h3-8,11-12,14H,9-10,13H2,1-2H3,(H2,24,26,27)(H2,25,28,29,31). The summed E-state index contributed by atoms with van der Waals surface area (Å²) in [7, 11) is 1.63. The highest BCUT2D eigenvalue weighted by atomic mass is 16.5. The van der Waals surface area contributed by atoms with Crippen LogP contribution in [0.25, 0.3) is 16.6 Å². The molecular formula is C23H25N7O3. The van der Waals surface area contributed by atoms with Gasteiger partial charge >= 0.3 is 6.03 Å². The molecule has 0 unspecified atom stereocenters. The van der Waals surface area contributed by atoms with Crippen molar-refractivity contribution in [3.63, 3.8) is 0 Å². The van der Waals surface area contributed by atoms with E-state index in [1.165, 1.54) is 6.33 Å². The van der Waals surface area contributed by atoms with Crippen LogP contribution in [-0.2, 0) is 16.1 Å². The lowest BCUT2D eigenvalue weighted by Crippen LogP contribution is -2.20. The van der Waals surface area contributed by atoms with Crippen molar-refractivity contribution in [2.45, 2.75) is 13.5 Å². The molecule has 3 aromatic heterocycles. The second-order valence-electron chi connectivity index (χ2n) is 7.39. The van der Waals surface area contributed by atoms with E-state index in [2.05, 4.69) is 25.7 Å². The number of methoxy groups -OCH3 is 1. The molecular weight excluding hydrogens is 422 g/mol. The number of anilines is 3. The van der Waals surface area contributed by atoms with Crippen molar-refractivity contribution in [2.75, 3.05) is 36.7 Å². The number of hydrogen-bond acceptors (Lipinski definition) is 7. The summed E-state index contributed by atoms with van der Waals surface area (Å²) in [4.78, 5) is 20.6. The number of benzene rings is 1. The van der Waals surface area contributed by atoms with Crippen molar-refractivity contribution in [1.82, 2.24) is 19.6 Å². The monoisotopic (exact) mass is 447 g/mol. The molecule has 3 heterocycles. The third kappa shape index (κ3) is 5.25. The molecule has 0 aliphatic carbocycles. The first-order valence-corrected chi connectivity index (χ1v) is 10.3. The fraction of sp³-hybridized carbons (Fsp3) is 0.217. The van der Waals surface area contributed by atoms with Gasteiger partial charge in [-0.15, -0.1) is 0 Å². The van der Waals surface area contributed by atoms with Gasteiger partial charge in [0.15, 0.2) is 5.82 Å². The maximum Gasteiger partial charge on any atom is 0.324 e. The Morgan fingerprint density at radius 2 is 1.94 bits per heavy atom. The lowest BCUT2D eigenvalue weighted by atomic mass is 10.0. The normalized spacial score (nSPS) is 11.0. The number of rotatable bonds is 8. The van der Waals surface area contributed by atoms with Gasteiger partial charge in [0.25, 0.3) is 0 Å². The van der Waals surface area contributed by atoms with Crippen molar-refractivity contribution in [2.24, 2.45) is 0 Å². The van der Waals surface area contributed by atoms with Gasteiger partial charge in [0.1, 0.15) is 17.7 Å². The summed E-state index contributed by atoms with van der Waals surface area (Å²) in [6.07, 6.45) is 4.94. The number of aryl methyl sites for hydroxylation is 1. The third-order valence-electron chi connectivity index (χ3n) is 4.96. The Hall–Kier alpha value is -4.02. The number of nitrogens with one attached hydrogen (secondary N) is 2. The Bertz CT molecular complexity index is 1250. The van der Waals surface area contributed by atoms with Gasteiger partial charge < -0.3 is 20.5 Å².